The number of rotatable bonds is 4. The van der Waals surface area contributed by atoms with Crippen LogP contribution in [0.25, 0.3) is 0 Å². The Labute approximate surface area is 101 Å². The Balaban J connectivity index is 2.61. The highest BCUT2D eigenvalue weighted by Gasteiger charge is 2.30. The van der Waals surface area contributed by atoms with Gasteiger partial charge in [-0.3, -0.25) is 0 Å². The number of halogens is 4. The van der Waals surface area contributed by atoms with Crippen molar-refractivity contribution in [1.29, 1.82) is 0 Å². The fourth-order valence-electron chi connectivity index (χ4n) is 1.28. The number of benzene rings is 1. The van der Waals surface area contributed by atoms with Crippen LogP contribution in [0.1, 0.15) is 12.5 Å². The minimum atomic E-state index is -4.62. The molecular weight excluding hydrogens is 285 g/mol. The lowest BCUT2D eigenvalue weighted by Crippen LogP contribution is -2.17. The van der Waals surface area contributed by atoms with E-state index in [0.29, 0.717) is 5.92 Å². The summed E-state index contributed by atoms with van der Waals surface area (Å²) in [7, 11) is 0. The van der Waals surface area contributed by atoms with Crippen molar-refractivity contribution in [2.75, 3.05) is 5.33 Å². The molecule has 0 aliphatic carbocycles. The first kappa shape index (κ1) is 13.4. The lowest BCUT2D eigenvalue weighted by atomic mass is 10.0. The molecule has 1 atom stereocenters. The van der Waals surface area contributed by atoms with E-state index in [0.717, 1.165) is 17.3 Å². The highest BCUT2D eigenvalue weighted by Crippen LogP contribution is 2.23. The molecule has 0 fully saturated rings. The summed E-state index contributed by atoms with van der Waals surface area (Å²) >= 11 is 3.35. The predicted molar refractivity (Wildman–Crippen MR) is 59.8 cm³/mol. The molecule has 0 radical (unpaired) electrons. The van der Waals surface area contributed by atoms with Crippen LogP contribution in [-0.2, 0) is 6.42 Å². The molecule has 0 heterocycles. The summed E-state index contributed by atoms with van der Waals surface area (Å²) < 4.78 is 39.4. The zero-order valence-corrected chi connectivity index (χ0v) is 10.3. The third kappa shape index (κ3) is 4.88. The van der Waals surface area contributed by atoms with Crippen LogP contribution in [0.4, 0.5) is 13.2 Å². The number of alkyl halides is 4. The van der Waals surface area contributed by atoms with Crippen molar-refractivity contribution in [2.45, 2.75) is 19.7 Å². The number of hydrogen-bond acceptors (Lipinski definition) is 1. The van der Waals surface area contributed by atoms with E-state index in [9.17, 15) is 13.2 Å². The Kier molecular flexibility index (Phi) is 4.65. The van der Waals surface area contributed by atoms with Gasteiger partial charge >= 0.3 is 6.36 Å². The van der Waals surface area contributed by atoms with E-state index in [1.807, 2.05) is 0 Å². The lowest BCUT2D eigenvalue weighted by molar-refractivity contribution is -0.274. The number of hydrogen-bond donors (Lipinski definition) is 0. The smallest absolute Gasteiger partial charge is 0.406 e. The Morgan fingerprint density at radius 2 is 1.81 bits per heavy atom. The molecule has 1 unspecified atom stereocenters. The van der Waals surface area contributed by atoms with E-state index < -0.39 is 6.36 Å². The maximum Gasteiger partial charge on any atom is 0.573 e. The van der Waals surface area contributed by atoms with Gasteiger partial charge in [-0.25, -0.2) is 0 Å². The van der Waals surface area contributed by atoms with E-state index in [-0.39, 0.29) is 5.75 Å². The Hall–Kier alpha value is -0.710. The molecule has 1 rings (SSSR count). The van der Waals surface area contributed by atoms with Crippen molar-refractivity contribution in [2.24, 2.45) is 5.92 Å². The summed E-state index contributed by atoms with van der Waals surface area (Å²) in [5.74, 6) is 0.275. The van der Waals surface area contributed by atoms with Crippen molar-refractivity contribution in [3.05, 3.63) is 29.8 Å². The van der Waals surface area contributed by atoms with Crippen molar-refractivity contribution in [3.63, 3.8) is 0 Å². The average Bonchev–Trinajstić information content (AvgIpc) is 2.18. The molecule has 0 aliphatic rings. The molecule has 1 aromatic carbocycles. The van der Waals surface area contributed by atoms with E-state index in [1.165, 1.54) is 12.1 Å². The predicted octanol–water partition coefficient (Wildman–Crippen LogP) is 4.16. The molecule has 0 aromatic heterocycles. The molecule has 16 heavy (non-hydrogen) atoms. The van der Waals surface area contributed by atoms with Crippen molar-refractivity contribution in [3.8, 4) is 5.75 Å². The van der Waals surface area contributed by atoms with Gasteiger partial charge < -0.3 is 4.74 Å². The van der Waals surface area contributed by atoms with Crippen LogP contribution >= 0.6 is 15.9 Å². The summed E-state index contributed by atoms with van der Waals surface area (Å²) in [4.78, 5) is 0. The highest BCUT2D eigenvalue weighted by atomic mass is 79.9. The van der Waals surface area contributed by atoms with Crippen molar-refractivity contribution < 1.29 is 17.9 Å². The van der Waals surface area contributed by atoms with Crippen LogP contribution in [0.2, 0.25) is 0 Å². The molecule has 0 saturated heterocycles. The second-order valence-corrected chi connectivity index (χ2v) is 4.30. The zero-order chi connectivity index (χ0) is 12.2. The Bertz CT molecular complexity index is 321. The Morgan fingerprint density at radius 1 is 1.25 bits per heavy atom. The largest absolute Gasteiger partial charge is 0.573 e. The van der Waals surface area contributed by atoms with Crippen LogP contribution in [0, 0.1) is 5.92 Å². The fourth-order valence-corrected chi connectivity index (χ4v) is 1.51. The normalized spacial score (nSPS) is 13.6. The average molecular weight is 297 g/mol. The molecule has 90 valence electrons. The van der Waals surface area contributed by atoms with E-state index in [4.69, 9.17) is 0 Å². The van der Waals surface area contributed by atoms with Crippen molar-refractivity contribution >= 4 is 15.9 Å². The van der Waals surface area contributed by atoms with Gasteiger partial charge in [-0.2, -0.15) is 0 Å². The van der Waals surface area contributed by atoms with Gasteiger partial charge in [-0.05, 0) is 30.0 Å². The highest BCUT2D eigenvalue weighted by molar-refractivity contribution is 9.09. The SMILES string of the molecule is CC(CBr)Cc1ccc(OC(F)(F)F)cc1. The monoisotopic (exact) mass is 296 g/mol. The first-order valence-corrected chi connectivity index (χ1v) is 5.93. The van der Waals surface area contributed by atoms with Gasteiger partial charge in [-0.15, -0.1) is 13.2 Å². The molecular formula is C11H12BrF3O. The van der Waals surface area contributed by atoms with Gasteiger partial charge in [-0.1, -0.05) is 35.0 Å². The summed E-state index contributed by atoms with van der Waals surface area (Å²) in [5, 5.41) is 0.869. The molecule has 0 saturated carbocycles. The number of ether oxygens (including phenoxy) is 1. The molecule has 0 aliphatic heterocycles. The van der Waals surface area contributed by atoms with Crippen LogP contribution in [0.3, 0.4) is 0 Å². The minimum Gasteiger partial charge on any atom is -0.406 e. The molecule has 1 nitrogen and oxygen atoms in total. The fraction of sp³-hybridized carbons (Fsp3) is 0.455. The summed E-state index contributed by atoms with van der Waals surface area (Å²) in [6.45, 7) is 2.06. The quantitative estimate of drug-likeness (QED) is 0.758. The van der Waals surface area contributed by atoms with Crippen LogP contribution < -0.4 is 4.74 Å². The van der Waals surface area contributed by atoms with Crippen LogP contribution in [0.15, 0.2) is 24.3 Å². The van der Waals surface area contributed by atoms with Gasteiger partial charge in [0.1, 0.15) is 5.75 Å². The molecule has 0 N–H and O–H groups in total. The molecule has 0 spiro atoms. The molecule has 1 aromatic rings. The first-order chi connectivity index (χ1) is 7.40. The second-order valence-electron chi connectivity index (χ2n) is 3.66. The van der Waals surface area contributed by atoms with E-state index >= 15 is 0 Å². The lowest BCUT2D eigenvalue weighted by Gasteiger charge is -2.10. The van der Waals surface area contributed by atoms with Gasteiger partial charge in [0.2, 0.25) is 0 Å². The van der Waals surface area contributed by atoms with E-state index in [2.05, 4.69) is 27.6 Å². The van der Waals surface area contributed by atoms with Gasteiger partial charge in [0, 0.05) is 5.33 Å². The zero-order valence-electron chi connectivity index (χ0n) is 8.72. The molecule has 5 heteroatoms. The van der Waals surface area contributed by atoms with Crippen molar-refractivity contribution in [1.82, 2.24) is 0 Å². The summed E-state index contributed by atoms with van der Waals surface area (Å²) in [5.41, 5.74) is 1.00. The maximum absolute atomic E-state index is 11.9. The third-order valence-corrected chi connectivity index (χ3v) is 3.11. The Morgan fingerprint density at radius 3 is 2.25 bits per heavy atom. The van der Waals surface area contributed by atoms with Gasteiger partial charge in [0.25, 0.3) is 0 Å². The minimum absolute atomic E-state index is 0.178. The first-order valence-electron chi connectivity index (χ1n) is 4.81. The second kappa shape index (κ2) is 5.57. The van der Waals surface area contributed by atoms with Crippen LogP contribution in [0.5, 0.6) is 5.75 Å². The molecule has 0 amide bonds. The maximum atomic E-state index is 11.9. The third-order valence-electron chi connectivity index (χ3n) is 2.00. The summed E-state index contributed by atoms with van der Waals surface area (Å²) in [6, 6.07) is 5.98. The van der Waals surface area contributed by atoms with Crippen LogP contribution in [-0.4, -0.2) is 11.7 Å². The topological polar surface area (TPSA) is 9.23 Å². The van der Waals surface area contributed by atoms with Gasteiger partial charge in [0.05, 0.1) is 0 Å². The van der Waals surface area contributed by atoms with E-state index in [1.54, 1.807) is 12.1 Å². The summed E-state index contributed by atoms with van der Waals surface area (Å²) in [6.07, 6.45) is -3.79. The standard InChI is InChI=1S/C11H12BrF3O/c1-8(7-12)6-9-2-4-10(5-3-9)16-11(13,14)15/h2-5,8H,6-7H2,1H3. The van der Waals surface area contributed by atoms with Gasteiger partial charge in [0.15, 0.2) is 0 Å². The molecule has 0 bridgehead atoms.